The third-order valence-corrected chi connectivity index (χ3v) is 4.00. The van der Waals surface area contributed by atoms with Gasteiger partial charge in [0.1, 0.15) is 11.8 Å². The van der Waals surface area contributed by atoms with E-state index in [1.165, 1.54) is 0 Å². The average molecular weight is 274 g/mol. The van der Waals surface area contributed by atoms with Crippen molar-refractivity contribution >= 4 is 16.9 Å². The Balaban J connectivity index is 2.31. The number of ether oxygens (including phenoxy) is 1. The second kappa shape index (κ2) is 4.24. The molecule has 0 aliphatic carbocycles. The van der Waals surface area contributed by atoms with Gasteiger partial charge < -0.3 is 14.8 Å². The van der Waals surface area contributed by atoms with Gasteiger partial charge in [0.05, 0.1) is 7.11 Å². The van der Waals surface area contributed by atoms with E-state index < -0.39 is 12.0 Å². The van der Waals surface area contributed by atoms with Gasteiger partial charge in [-0.25, -0.2) is 0 Å². The van der Waals surface area contributed by atoms with Gasteiger partial charge in [-0.3, -0.25) is 10.1 Å². The Morgan fingerprint density at radius 1 is 1.45 bits per heavy atom. The molecule has 1 aliphatic rings. The minimum atomic E-state index is -0.861. The molecule has 0 amide bonds. The predicted molar refractivity (Wildman–Crippen MR) is 76.3 cm³/mol. The number of carboxylic acids is 1. The fraction of sp³-hybridized carbons (Fsp3) is 0.400. The Morgan fingerprint density at radius 2 is 2.20 bits per heavy atom. The number of methoxy groups -OCH3 is 1. The molecule has 0 radical (unpaired) electrons. The Kier molecular flexibility index (Phi) is 2.76. The number of carbonyl (C=O) groups is 1. The first-order valence-electron chi connectivity index (χ1n) is 6.60. The molecular weight excluding hydrogens is 256 g/mol. The van der Waals surface area contributed by atoms with Crippen LogP contribution in [-0.2, 0) is 10.2 Å². The highest BCUT2D eigenvalue weighted by Crippen LogP contribution is 2.40. The van der Waals surface area contributed by atoms with Gasteiger partial charge in [-0.05, 0) is 23.8 Å². The van der Waals surface area contributed by atoms with Crippen molar-refractivity contribution in [3.05, 3.63) is 29.5 Å². The lowest BCUT2D eigenvalue weighted by atomic mass is 9.78. The zero-order valence-electron chi connectivity index (χ0n) is 11.8. The van der Waals surface area contributed by atoms with E-state index in [0.29, 0.717) is 6.54 Å². The molecule has 2 aromatic rings. The predicted octanol–water partition coefficient (Wildman–Crippen LogP) is 2.18. The molecule has 20 heavy (non-hydrogen) atoms. The molecule has 106 valence electrons. The van der Waals surface area contributed by atoms with E-state index in [9.17, 15) is 9.90 Å². The Hall–Kier alpha value is -2.01. The molecule has 3 rings (SSSR count). The number of rotatable bonds is 2. The summed E-state index contributed by atoms with van der Waals surface area (Å²) in [4.78, 5) is 14.7. The van der Waals surface area contributed by atoms with E-state index in [-0.39, 0.29) is 5.41 Å². The molecule has 2 heterocycles. The topological polar surface area (TPSA) is 74.3 Å². The molecule has 0 bridgehead atoms. The van der Waals surface area contributed by atoms with Crippen molar-refractivity contribution < 1.29 is 14.6 Å². The summed E-state index contributed by atoms with van der Waals surface area (Å²) in [6, 6.07) is 5.09. The monoisotopic (exact) mass is 274 g/mol. The molecule has 5 nitrogen and oxygen atoms in total. The summed E-state index contributed by atoms with van der Waals surface area (Å²) >= 11 is 0. The van der Waals surface area contributed by atoms with Crippen molar-refractivity contribution in [3.8, 4) is 5.75 Å². The molecule has 1 aromatic carbocycles. The summed E-state index contributed by atoms with van der Waals surface area (Å²) in [5.74, 6) is -0.0826. The summed E-state index contributed by atoms with van der Waals surface area (Å²) in [7, 11) is 1.63. The van der Waals surface area contributed by atoms with E-state index >= 15 is 0 Å². The fourth-order valence-corrected chi connectivity index (χ4v) is 3.02. The lowest BCUT2D eigenvalue weighted by Crippen LogP contribution is -2.44. The van der Waals surface area contributed by atoms with Crippen LogP contribution in [0.15, 0.2) is 18.2 Å². The largest absolute Gasteiger partial charge is 0.497 e. The third kappa shape index (κ3) is 1.78. The van der Waals surface area contributed by atoms with Gasteiger partial charge in [0, 0.05) is 28.6 Å². The molecule has 0 saturated carbocycles. The first-order chi connectivity index (χ1) is 9.44. The van der Waals surface area contributed by atoms with Crippen LogP contribution in [0.3, 0.4) is 0 Å². The van der Waals surface area contributed by atoms with E-state index in [1.54, 1.807) is 7.11 Å². The van der Waals surface area contributed by atoms with Crippen LogP contribution < -0.4 is 10.1 Å². The van der Waals surface area contributed by atoms with Gasteiger partial charge in [-0.1, -0.05) is 13.8 Å². The summed E-state index contributed by atoms with van der Waals surface area (Å²) in [5.41, 5.74) is 2.62. The Morgan fingerprint density at radius 3 is 2.85 bits per heavy atom. The Labute approximate surface area is 116 Å². The van der Waals surface area contributed by atoms with Crippen LogP contribution in [0.2, 0.25) is 0 Å². The summed E-state index contributed by atoms with van der Waals surface area (Å²) in [6.07, 6.45) is 0. The number of carboxylic acid groups (broad SMARTS) is 1. The molecule has 0 saturated heterocycles. The first-order valence-corrected chi connectivity index (χ1v) is 6.60. The lowest BCUT2D eigenvalue weighted by Gasteiger charge is -2.34. The minimum Gasteiger partial charge on any atom is -0.497 e. The highest BCUT2D eigenvalue weighted by molar-refractivity contribution is 5.90. The van der Waals surface area contributed by atoms with E-state index in [4.69, 9.17) is 4.74 Å². The smallest absolute Gasteiger partial charge is 0.326 e. The molecule has 1 aromatic heterocycles. The van der Waals surface area contributed by atoms with Gasteiger partial charge in [0.25, 0.3) is 0 Å². The number of nitrogens with one attached hydrogen (secondary N) is 2. The molecular formula is C15H18N2O3. The van der Waals surface area contributed by atoms with Gasteiger partial charge in [-0.2, -0.15) is 0 Å². The van der Waals surface area contributed by atoms with Crippen LogP contribution in [0.1, 0.15) is 31.1 Å². The van der Waals surface area contributed by atoms with Crippen LogP contribution in [0.5, 0.6) is 5.75 Å². The first kappa shape index (κ1) is 13.0. The number of fused-ring (bicyclic) bond motifs is 3. The normalized spacial score (nSPS) is 20.6. The summed E-state index contributed by atoms with van der Waals surface area (Å²) in [6.45, 7) is 4.86. The highest BCUT2D eigenvalue weighted by Gasteiger charge is 2.38. The molecule has 5 heteroatoms. The lowest BCUT2D eigenvalue weighted by molar-refractivity contribution is -0.140. The zero-order valence-corrected chi connectivity index (χ0v) is 11.8. The van der Waals surface area contributed by atoms with Crippen molar-refractivity contribution in [2.45, 2.75) is 25.3 Å². The molecule has 3 N–H and O–H groups in total. The average Bonchev–Trinajstić information content (AvgIpc) is 2.77. The van der Waals surface area contributed by atoms with Gasteiger partial charge in [0.2, 0.25) is 0 Å². The summed E-state index contributed by atoms with van der Waals surface area (Å²) < 4.78 is 5.28. The maximum absolute atomic E-state index is 11.4. The number of benzene rings is 1. The molecule has 1 aliphatic heterocycles. The van der Waals surface area contributed by atoms with Crippen LogP contribution in [-0.4, -0.2) is 29.7 Å². The molecule has 0 fully saturated rings. The van der Waals surface area contributed by atoms with E-state index in [0.717, 1.165) is 27.9 Å². The second-order valence-corrected chi connectivity index (χ2v) is 5.86. The third-order valence-electron chi connectivity index (χ3n) is 4.00. The fourth-order valence-electron chi connectivity index (χ4n) is 3.02. The van der Waals surface area contributed by atoms with Crippen LogP contribution in [0.4, 0.5) is 0 Å². The number of hydrogen-bond donors (Lipinski definition) is 3. The second-order valence-electron chi connectivity index (χ2n) is 5.86. The zero-order chi connectivity index (χ0) is 14.5. The van der Waals surface area contributed by atoms with Crippen molar-refractivity contribution in [1.29, 1.82) is 0 Å². The minimum absolute atomic E-state index is 0.133. The summed E-state index contributed by atoms with van der Waals surface area (Å²) in [5, 5.41) is 13.5. The van der Waals surface area contributed by atoms with Gasteiger partial charge in [-0.15, -0.1) is 0 Å². The highest BCUT2D eigenvalue weighted by atomic mass is 16.5. The SMILES string of the molecule is COc1ccc2[nH]c3c(c2c1)C(C)(C)CNC3C(=O)O. The van der Waals surface area contributed by atoms with Crippen molar-refractivity contribution in [2.24, 2.45) is 0 Å². The quantitative estimate of drug-likeness (QED) is 0.784. The van der Waals surface area contributed by atoms with Gasteiger partial charge in [0.15, 0.2) is 0 Å². The van der Waals surface area contributed by atoms with E-state index in [2.05, 4.69) is 24.1 Å². The van der Waals surface area contributed by atoms with Crippen molar-refractivity contribution in [1.82, 2.24) is 10.3 Å². The number of hydrogen-bond acceptors (Lipinski definition) is 3. The Bertz CT molecular complexity index is 688. The maximum atomic E-state index is 11.4. The molecule has 1 unspecified atom stereocenters. The molecule has 0 spiro atoms. The maximum Gasteiger partial charge on any atom is 0.326 e. The number of H-pyrrole nitrogens is 1. The standard InChI is InChI=1S/C15H18N2O3/c1-15(2)7-16-13(14(18)19)12-11(15)9-6-8(20-3)4-5-10(9)17-12/h4-6,13,16-17H,7H2,1-3H3,(H,18,19). The van der Waals surface area contributed by atoms with E-state index in [1.807, 2.05) is 18.2 Å². The number of aromatic nitrogens is 1. The van der Waals surface area contributed by atoms with Gasteiger partial charge >= 0.3 is 5.97 Å². The number of aliphatic carboxylic acids is 1. The van der Waals surface area contributed by atoms with Crippen LogP contribution in [0, 0.1) is 0 Å². The number of aromatic amines is 1. The van der Waals surface area contributed by atoms with Crippen molar-refractivity contribution in [3.63, 3.8) is 0 Å². The van der Waals surface area contributed by atoms with Crippen molar-refractivity contribution in [2.75, 3.05) is 13.7 Å². The van der Waals surface area contributed by atoms with Crippen LogP contribution >= 0.6 is 0 Å². The van der Waals surface area contributed by atoms with Crippen LogP contribution in [0.25, 0.3) is 10.9 Å². The molecule has 1 atom stereocenters.